The molecule has 0 radical (unpaired) electrons. The zero-order valence-corrected chi connectivity index (χ0v) is 14.9. The van der Waals surface area contributed by atoms with Gasteiger partial charge < -0.3 is 19.3 Å². The molecule has 0 N–H and O–H groups in total. The van der Waals surface area contributed by atoms with Gasteiger partial charge in [-0.15, -0.1) is 0 Å². The maximum absolute atomic E-state index is 13.3. The van der Waals surface area contributed by atoms with Gasteiger partial charge in [0.25, 0.3) is 0 Å². The van der Waals surface area contributed by atoms with Crippen molar-refractivity contribution >= 4 is 17.5 Å². The molecule has 0 aliphatic carbocycles. The fourth-order valence-electron chi connectivity index (χ4n) is 3.47. The Bertz CT molecular complexity index is 901. The normalized spacial score (nSPS) is 18.1. The van der Waals surface area contributed by atoms with E-state index in [1.54, 1.807) is 42.3 Å². The van der Waals surface area contributed by atoms with Crippen molar-refractivity contribution in [3.63, 3.8) is 0 Å². The molecule has 1 saturated heterocycles. The van der Waals surface area contributed by atoms with E-state index in [0.717, 1.165) is 0 Å². The number of carbonyl (C=O) groups excluding carboxylic acids is 2. The molecule has 0 aromatic heterocycles. The first-order valence-electron chi connectivity index (χ1n) is 8.70. The Morgan fingerprint density at radius 1 is 1.22 bits per heavy atom. The highest BCUT2D eigenvalue weighted by atomic mass is 19.1. The van der Waals surface area contributed by atoms with Crippen LogP contribution in [-0.2, 0) is 16.1 Å². The Kier molecular flexibility index (Phi) is 4.43. The van der Waals surface area contributed by atoms with Gasteiger partial charge in [-0.05, 0) is 29.8 Å². The Morgan fingerprint density at radius 3 is 2.85 bits per heavy atom. The smallest absolute Gasteiger partial charge is 0.231 e. The molecule has 140 valence electrons. The first-order chi connectivity index (χ1) is 13.0. The minimum Gasteiger partial charge on any atom is -0.454 e. The van der Waals surface area contributed by atoms with E-state index < -0.39 is 5.92 Å². The third-order valence-corrected chi connectivity index (χ3v) is 4.83. The summed E-state index contributed by atoms with van der Waals surface area (Å²) in [6.07, 6.45) is 0.154. The Morgan fingerprint density at radius 2 is 2.04 bits per heavy atom. The molecule has 4 rings (SSSR count). The first-order valence-corrected chi connectivity index (χ1v) is 8.70. The van der Waals surface area contributed by atoms with Gasteiger partial charge in [0, 0.05) is 38.3 Å². The van der Waals surface area contributed by atoms with Crippen LogP contribution in [0.5, 0.6) is 11.5 Å². The minimum atomic E-state index is -0.429. The van der Waals surface area contributed by atoms with Gasteiger partial charge in [-0.3, -0.25) is 9.59 Å². The van der Waals surface area contributed by atoms with E-state index in [4.69, 9.17) is 9.47 Å². The Balaban J connectivity index is 1.44. The fourth-order valence-corrected chi connectivity index (χ4v) is 3.47. The van der Waals surface area contributed by atoms with Crippen LogP contribution in [0, 0.1) is 11.7 Å². The van der Waals surface area contributed by atoms with Crippen molar-refractivity contribution in [2.24, 2.45) is 5.92 Å². The molecule has 0 saturated carbocycles. The lowest BCUT2D eigenvalue weighted by atomic mass is 10.1. The maximum Gasteiger partial charge on any atom is 0.231 e. The van der Waals surface area contributed by atoms with E-state index in [1.807, 2.05) is 0 Å². The molecule has 1 atom stereocenters. The third-order valence-electron chi connectivity index (χ3n) is 4.83. The van der Waals surface area contributed by atoms with E-state index in [1.165, 1.54) is 17.0 Å². The van der Waals surface area contributed by atoms with Gasteiger partial charge in [-0.1, -0.05) is 12.1 Å². The lowest BCUT2D eigenvalue weighted by Gasteiger charge is -2.21. The van der Waals surface area contributed by atoms with Gasteiger partial charge in [0.05, 0.1) is 5.92 Å². The largest absolute Gasteiger partial charge is 0.454 e. The van der Waals surface area contributed by atoms with Gasteiger partial charge in [0.15, 0.2) is 11.5 Å². The molecule has 1 unspecified atom stereocenters. The number of halogens is 1. The summed E-state index contributed by atoms with van der Waals surface area (Å²) in [5, 5.41) is 0. The van der Waals surface area contributed by atoms with Crippen molar-refractivity contribution < 1.29 is 23.5 Å². The molecule has 7 heteroatoms. The monoisotopic (exact) mass is 370 g/mol. The summed E-state index contributed by atoms with van der Waals surface area (Å²) in [4.78, 5) is 28.3. The van der Waals surface area contributed by atoms with Crippen molar-refractivity contribution in [3.8, 4) is 11.5 Å². The van der Waals surface area contributed by atoms with E-state index in [0.29, 0.717) is 35.8 Å². The molecule has 2 aliphatic heterocycles. The van der Waals surface area contributed by atoms with E-state index >= 15 is 0 Å². The predicted molar refractivity (Wildman–Crippen MR) is 95.9 cm³/mol. The van der Waals surface area contributed by atoms with E-state index in [2.05, 4.69) is 0 Å². The summed E-state index contributed by atoms with van der Waals surface area (Å²) >= 11 is 0. The summed E-state index contributed by atoms with van der Waals surface area (Å²) in [5.41, 5.74) is 1.40. The molecule has 0 spiro atoms. The number of anilines is 1. The highest BCUT2D eigenvalue weighted by Crippen LogP contribution is 2.37. The number of fused-ring (bicyclic) bond motifs is 1. The second-order valence-electron chi connectivity index (χ2n) is 6.77. The number of hydrogen-bond acceptors (Lipinski definition) is 4. The highest BCUT2D eigenvalue weighted by molar-refractivity contribution is 6.00. The lowest BCUT2D eigenvalue weighted by molar-refractivity contribution is -0.135. The van der Waals surface area contributed by atoms with Crippen LogP contribution >= 0.6 is 0 Å². The molecule has 2 aromatic carbocycles. The summed E-state index contributed by atoms with van der Waals surface area (Å²) in [6.45, 7) is 0.773. The molecule has 2 amide bonds. The average molecular weight is 370 g/mol. The summed E-state index contributed by atoms with van der Waals surface area (Å²) in [7, 11) is 1.67. The summed E-state index contributed by atoms with van der Waals surface area (Å²) in [6, 6.07) is 11.5. The molecule has 0 bridgehead atoms. The number of amides is 2. The van der Waals surface area contributed by atoms with Crippen molar-refractivity contribution in [3.05, 3.63) is 53.8 Å². The molecular weight excluding hydrogens is 351 g/mol. The number of benzene rings is 2. The Hall–Kier alpha value is -3.09. The SMILES string of the molecule is CN(Cc1cccc(F)c1)C(=O)C1CC(=O)N(c2ccc3c(c2)OCO3)C1. The van der Waals surface area contributed by atoms with Crippen molar-refractivity contribution in [2.45, 2.75) is 13.0 Å². The predicted octanol–water partition coefficient (Wildman–Crippen LogP) is 2.57. The van der Waals surface area contributed by atoms with Gasteiger partial charge in [-0.25, -0.2) is 4.39 Å². The molecule has 2 heterocycles. The summed E-state index contributed by atoms with van der Waals surface area (Å²) in [5.74, 6) is 0.244. The fraction of sp³-hybridized carbons (Fsp3) is 0.300. The van der Waals surface area contributed by atoms with Crippen molar-refractivity contribution in [1.29, 1.82) is 0 Å². The summed E-state index contributed by atoms with van der Waals surface area (Å²) < 4.78 is 24.0. The van der Waals surface area contributed by atoms with Gasteiger partial charge in [0.1, 0.15) is 5.82 Å². The van der Waals surface area contributed by atoms with E-state index in [9.17, 15) is 14.0 Å². The molecule has 2 aliphatic rings. The number of hydrogen-bond donors (Lipinski definition) is 0. The number of carbonyl (C=O) groups is 2. The van der Waals surface area contributed by atoms with Crippen LogP contribution in [0.3, 0.4) is 0 Å². The second-order valence-corrected chi connectivity index (χ2v) is 6.77. The molecule has 6 nitrogen and oxygen atoms in total. The van der Waals surface area contributed by atoms with Crippen LogP contribution in [0.25, 0.3) is 0 Å². The van der Waals surface area contributed by atoms with Crippen LogP contribution < -0.4 is 14.4 Å². The maximum atomic E-state index is 13.3. The van der Waals surface area contributed by atoms with Crippen LogP contribution in [0.4, 0.5) is 10.1 Å². The zero-order valence-electron chi connectivity index (χ0n) is 14.9. The van der Waals surface area contributed by atoms with E-state index in [-0.39, 0.29) is 30.8 Å². The Labute approximate surface area is 156 Å². The standard InChI is InChI=1S/C20H19FN2O4/c1-22(10-13-3-2-4-15(21)7-13)20(25)14-8-19(24)23(11-14)16-5-6-17-18(9-16)27-12-26-17/h2-7,9,14H,8,10-12H2,1H3. The van der Waals surface area contributed by atoms with Crippen LogP contribution in [0.2, 0.25) is 0 Å². The molecule has 27 heavy (non-hydrogen) atoms. The molecule has 1 fully saturated rings. The van der Waals surface area contributed by atoms with Crippen LogP contribution in [0.15, 0.2) is 42.5 Å². The van der Waals surface area contributed by atoms with Gasteiger partial charge in [0.2, 0.25) is 18.6 Å². The van der Waals surface area contributed by atoms with Gasteiger partial charge >= 0.3 is 0 Å². The third kappa shape index (κ3) is 3.45. The molecular formula is C20H19FN2O4. The number of ether oxygens (including phenoxy) is 2. The highest BCUT2D eigenvalue weighted by Gasteiger charge is 2.37. The number of nitrogens with zero attached hydrogens (tertiary/aromatic N) is 2. The van der Waals surface area contributed by atoms with Crippen LogP contribution in [-0.4, -0.2) is 37.1 Å². The van der Waals surface area contributed by atoms with Crippen molar-refractivity contribution in [2.75, 3.05) is 25.3 Å². The topological polar surface area (TPSA) is 59.1 Å². The average Bonchev–Trinajstić information content (AvgIpc) is 3.26. The number of rotatable bonds is 4. The minimum absolute atomic E-state index is 0.105. The molecule has 2 aromatic rings. The zero-order chi connectivity index (χ0) is 19.0. The first kappa shape index (κ1) is 17.3. The van der Waals surface area contributed by atoms with Gasteiger partial charge in [-0.2, -0.15) is 0 Å². The van der Waals surface area contributed by atoms with Crippen molar-refractivity contribution in [1.82, 2.24) is 4.90 Å². The second kappa shape index (κ2) is 6.90. The lowest BCUT2D eigenvalue weighted by Crippen LogP contribution is -2.34. The quantitative estimate of drug-likeness (QED) is 0.830. The van der Waals surface area contributed by atoms with Crippen LogP contribution in [0.1, 0.15) is 12.0 Å².